The zero-order valence-corrected chi connectivity index (χ0v) is 15.9. The van der Waals surface area contributed by atoms with Crippen molar-refractivity contribution >= 4 is 23.6 Å². The van der Waals surface area contributed by atoms with Crippen LogP contribution in [0.15, 0.2) is 58.3 Å². The smallest absolute Gasteiger partial charge is 0.251 e. The van der Waals surface area contributed by atoms with Crippen molar-refractivity contribution in [2.24, 2.45) is 11.7 Å². The number of benzene rings is 2. The number of carbonyl (C=O) groups excluding carboxylic acids is 2. The minimum atomic E-state index is -0.433. The molecule has 5 rings (SSSR count). The molecule has 0 aliphatic carbocycles. The van der Waals surface area contributed by atoms with E-state index in [4.69, 9.17) is 5.73 Å². The van der Waals surface area contributed by atoms with Crippen LogP contribution in [-0.4, -0.2) is 42.4 Å². The quantitative estimate of drug-likeness (QED) is 0.835. The molecule has 6 heteroatoms. The maximum absolute atomic E-state index is 12.6. The normalized spacial score (nSPS) is 23.8. The first-order chi connectivity index (χ1) is 13.1. The number of nitrogens with two attached hydrogens (primary N) is 1. The van der Waals surface area contributed by atoms with E-state index in [1.807, 2.05) is 36.4 Å². The maximum atomic E-state index is 12.6. The molecule has 5 nitrogen and oxygen atoms in total. The number of hydrogen-bond acceptors (Lipinski definition) is 4. The molecule has 0 unspecified atom stereocenters. The molecular weight excluding hydrogens is 358 g/mol. The zero-order chi connectivity index (χ0) is 18.8. The van der Waals surface area contributed by atoms with E-state index in [1.54, 1.807) is 12.1 Å². The molecule has 3 heterocycles. The highest BCUT2D eigenvalue weighted by Crippen LogP contribution is 2.29. The third-order valence-corrected chi connectivity index (χ3v) is 6.44. The van der Waals surface area contributed by atoms with Crippen LogP contribution < -0.4 is 11.1 Å². The van der Waals surface area contributed by atoms with Crippen molar-refractivity contribution in [3.8, 4) is 0 Å². The highest BCUT2D eigenvalue weighted by atomic mass is 32.2. The Hall–Kier alpha value is -2.31. The van der Waals surface area contributed by atoms with Crippen LogP contribution in [0, 0.1) is 5.92 Å². The zero-order valence-electron chi connectivity index (χ0n) is 15.1. The van der Waals surface area contributed by atoms with E-state index in [-0.39, 0.29) is 11.9 Å². The van der Waals surface area contributed by atoms with Gasteiger partial charge in [0, 0.05) is 33.5 Å². The Bertz CT molecular complexity index is 845. The summed E-state index contributed by atoms with van der Waals surface area (Å²) in [5.41, 5.74) is 6.51. The molecule has 27 heavy (non-hydrogen) atoms. The van der Waals surface area contributed by atoms with Gasteiger partial charge in [0.25, 0.3) is 5.91 Å². The second-order valence-electron chi connectivity index (χ2n) is 7.24. The predicted octanol–water partition coefficient (Wildman–Crippen LogP) is 2.76. The summed E-state index contributed by atoms with van der Waals surface area (Å²) in [7, 11) is 0. The Morgan fingerprint density at radius 3 is 2.37 bits per heavy atom. The number of nitrogens with one attached hydrogen (secondary N) is 1. The lowest BCUT2D eigenvalue weighted by molar-refractivity contribution is 0.0620. The molecule has 3 fully saturated rings. The van der Waals surface area contributed by atoms with Gasteiger partial charge in [-0.15, -0.1) is 0 Å². The van der Waals surface area contributed by atoms with Crippen molar-refractivity contribution in [3.63, 3.8) is 0 Å². The number of carbonyl (C=O) groups is 2. The van der Waals surface area contributed by atoms with Gasteiger partial charge in [0.2, 0.25) is 5.91 Å². The summed E-state index contributed by atoms with van der Waals surface area (Å²) < 4.78 is 0. The Labute approximate surface area is 163 Å². The van der Waals surface area contributed by atoms with Gasteiger partial charge in [0.1, 0.15) is 0 Å². The van der Waals surface area contributed by atoms with E-state index in [9.17, 15) is 9.59 Å². The van der Waals surface area contributed by atoms with Crippen LogP contribution in [0.3, 0.4) is 0 Å². The molecule has 3 N–H and O–H groups in total. The van der Waals surface area contributed by atoms with E-state index in [2.05, 4.69) is 10.2 Å². The largest absolute Gasteiger partial charge is 0.366 e. The van der Waals surface area contributed by atoms with Gasteiger partial charge in [-0.2, -0.15) is 0 Å². The van der Waals surface area contributed by atoms with Crippen molar-refractivity contribution in [2.45, 2.75) is 28.7 Å². The summed E-state index contributed by atoms with van der Waals surface area (Å²) in [5, 5.41) is 3.22. The van der Waals surface area contributed by atoms with Gasteiger partial charge in [-0.05, 0) is 74.3 Å². The standard InChI is InChI=1S/C21H23N3O2S/c22-20(25)16-2-1-3-18(12-16)27-17-6-4-15(5-7-17)21(26)23-19-13-24-10-8-14(19)9-11-24/h1-7,12,14,19H,8-11,13H2,(H2,22,25)(H,23,26)/t19-/m0/s1. The first-order valence-corrected chi connectivity index (χ1v) is 10.1. The van der Waals surface area contributed by atoms with Crippen LogP contribution >= 0.6 is 11.8 Å². The molecule has 2 aromatic carbocycles. The van der Waals surface area contributed by atoms with Crippen molar-refractivity contribution < 1.29 is 9.59 Å². The van der Waals surface area contributed by atoms with Gasteiger partial charge in [0.05, 0.1) is 0 Å². The van der Waals surface area contributed by atoms with Crippen LogP contribution in [0.1, 0.15) is 33.6 Å². The van der Waals surface area contributed by atoms with Gasteiger partial charge >= 0.3 is 0 Å². The molecule has 0 spiro atoms. The topological polar surface area (TPSA) is 75.4 Å². The van der Waals surface area contributed by atoms with Crippen molar-refractivity contribution in [3.05, 3.63) is 59.7 Å². The molecule has 2 amide bonds. The van der Waals surface area contributed by atoms with E-state index in [0.717, 1.165) is 16.3 Å². The first-order valence-electron chi connectivity index (χ1n) is 9.29. The predicted molar refractivity (Wildman–Crippen MR) is 106 cm³/mol. The number of nitrogens with zero attached hydrogens (tertiary/aromatic N) is 1. The molecule has 2 aromatic rings. The van der Waals surface area contributed by atoms with Gasteiger partial charge in [-0.1, -0.05) is 17.8 Å². The molecule has 0 radical (unpaired) electrons. The first kappa shape index (κ1) is 18.1. The lowest BCUT2D eigenvalue weighted by Crippen LogP contribution is -2.57. The van der Waals surface area contributed by atoms with Crippen LogP contribution in [0.2, 0.25) is 0 Å². The maximum Gasteiger partial charge on any atom is 0.251 e. The third kappa shape index (κ3) is 4.17. The minimum absolute atomic E-state index is 0.000950. The van der Waals surface area contributed by atoms with E-state index in [0.29, 0.717) is 17.0 Å². The highest BCUT2D eigenvalue weighted by Gasteiger charge is 2.34. The Kier molecular flexibility index (Phi) is 5.18. The van der Waals surface area contributed by atoms with Crippen molar-refractivity contribution in [1.29, 1.82) is 0 Å². The molecule has 140 valence electrons. The molecule has 3 saturated heterocycles. The van der Waals surface area contributed by atoms with Gasteiger partial charge in [0.15, 0.2) is 0 Å². The fourth-order valence-corrected chi connectivity index (χ4v) is 4.78. The highest BCUT2D eigenvalue weighted by molar-refractivity contribution is 7.99. The monoisotopic (exact) mass is 381 g/mol. The molecule has 3 aliphatic heterocycles. The van der Waals surface area contributed by atoms with Gasteiger partial charge in [-0.25, -0.2) is 0 Å². The molecule has 3 aliphatic rings. The van der Waals surface area contributed by atoms with E-state index < -0.39 is 5.91 Å². The summed E-state index contributed by atoms with van der Waals surface area (Å²) in [6.45, 7) is 3.31. The lowest BCUT2D eigenvalue weighted by Gasteiger charge is -2.44. The number of piperidine rings is 3. The number of rotatable bonds is 5. The van der Waals surface area contributed by atoms with E-state index >= 15 is 0 Å². The molecule has 0 aromatic heterocycles. The summed E-state index contributed by atoms with van der Waals surface area (Å²) in [6.07, 6.45) is 2.37. The third-order valence-electron chi connectivity index (χ3n) is 5.44. The van der Waals surface area contributed by atoms with Crippen LogP contribution in [0.5, 0.6) is 0 Å². The average molecular weight is 382 g/mol. The van der Waals surface area contributed by atoms with Crippen LogP contribution in [0.25, 0.3) is 0 Å². The summed E-state index contributed by atoms with van der Waals surface area (Å²) in [6, 6.07) is 15.1. The SMILES string of the molecule is NC(=O)c1cccc(Sc2ccc(C(=O)N[C@H]3CN4CCC3CC4)cc2)c1. The molecule has 0 saturated carbocycles. The molecule has 1 atom stereocenters. The average Bonchev–Trinajstić information content (AvgIpc) is 2.69. The van der Waals surface area contributed by atoms with Crippen molar-refractivity contribution in [2.75, 3.05) is 19.6 Å². The van der Waals surface area contributed by atoms with Gasteiger partial charge in [-0.3, -0.25) is 9.59 Å². The van der Waals surface area contributed by atoms with Crippen LogP contribution in [-0.2, 0) is 0 Å². The number of primary amides is 1. The fourth-order valence-electron chi connectivity index (χ4n) is 3.90. The summed E-state index contributed by atoms with van der Waals surface area (Å²) >= 11 is 1.54. The number of fused-ring (bicyclic) bond motifs is 3. The van der Waals surface area contributed by atoms with Crippen LogP contribution in [0.4, 0.5) is 0 Å². The Morgan fingerprint density at radius 2 is 1.74 bits per heavy atom. The second kappa shape index (κ2) is 7.74. The lowest BCUT2D eigenvalue weighted by atomic mass is 9.84. The Morgan fingerprint density at radius 1 is 1.00 bits per heavy atom. The molecular formula is C21H23N3O2S. The number of amides is 2. The fraction of sp³-hybridized carbons (Fsp3) is 0.333. The number of hydrogen-bond donors (Lipinski definition) is 2. The van der Waals surface area contributed by atoms with Gasteiger partial charge < -0.3 is 16.0 Å². The minimum Gasteiger partial charge on any atom is -0.366 e. The second-order valence-corrected chi connectivity index (χ2v) is 8.38. The van der Waals surface area contributed by atoms with E-state index in [1.165, 1.54) is 37.7 Å². The summed E-state index contributed by atoms with van der Waals surface area (Å²) in [4.78, 5) is 28.3. The van der Waals surface area contributed by atoms with Crippen molar-refractivity contribution in [1.82, 2.24) is 10.2 Å². The Balaban J connectivity index is 1.39. The molecule has 2 bridgehead atoms. The summed E-state index contributed by atoms with van der Waals surface area (Å²) in [5.74, 6) is 0.185.